The number of nitrogens with one attached hydrogen (secondary N) is 1. The molecule has 1 N–H and O–H groups in total. The number of hydrogen-bond donors (Lipinski definition) is 1. The van der Waals surface area contributed by atoms with Gasteiger partial charge < -0.3 is 10.1 Å². The zero-order valence-corrected chi connectivity index (χ0v) is 13.5. The smallest absolute Gasteiger partial charge is 0.113 e. The molecular formula is C16H26N2OS. The van der Waals surface area contributed by atoms with Gasteiger partial charge in [0.2, 0.25) is 0 Å². The van der Waals surface area contributed by atoms with Crippen LogP contribution in [0.4, 0.5) is 0 Å². The fourth-order valence-electron chi connectivity index (χ4n) is 3.55. The Morgan fingerprint density at radius 1 is 1.35 bits per heavy atom. The molecule has 0 spiro atoms. The van der Waals surface area contributed by atoms with Crippen molar-refractivity contribution in [2.75, 3.05) is 13.7 Å². The molecule has 4 heteroatoms. The van der Waals surface area contributed by atoms with Gasteiger partial charge in [-0.05, 0) is 57.9 Å². The summed E-state index contributed by atoms with van der Waals surface area (Å²) >= 11 is 1.97. The summed E-state index contributed by atoms with van der Waals surface area (Å²) in [5.41, 5.74) is 1.51. The summed E-state index contributed by atoms with van der Waals surface area (Å²) in [5.74, 6) is 0. The minimum absolute atomic E-state index is 0.125. The Morgan fingerprint density at radius 2 is 2.15 bits per heavy atom. The molecule has 3 nitrogen and oxygen atoms in total. The van der Waals surface area contributed by atoms with Gasteiger partial charge in [-0.3, -0.25) is 0 Å². The summed E-state index contributed by atoms with van der Waals surface area (Å²) in [5, 5.41) is 5.18. The molecule has 0 saturated heterocycles. The normalized spacial score (nSPS) is 29.6. The monoisotopic (exact) mass is 294 g/mol. The number of methoxy groups -OCH3 is 1. The van der Waals surface area contributed by atoms with Crippen LogP contribution in [0.3, 0.4) is 0 Å². The molecule has 0 amide bonds. The molecule has 1 fully saturated rings. The molecule has 0 aromatic carbocycles. The van der Waals surface area contributed by atoms with Crippen LogP contribution in [0.5, 0.6) is 0 Å². The number of rotatable bonds is 5. The van der Waals surface area contributed by atoms with E-state index in [1.807, 2.05) is 18.4 Å². The van der Waals surface area contributed by atoms with E-state index in [0.29, 0.717) is 6.10 Å². The molecule has 0 aliphatic heterocycles. The summed E-state index contributed by atoms with van der Waals surface area (Å²) in [4.78, 5) is 6.55. The van der Waals surface area contributed by atoms with Crippen LogP contribution < -0.4 is 5.32 Å². The van der Waals surface area contributed by atoms with Crippen LogP contribution in [0.2, 0.25) is 0 Å². The van der Waals surface area contributed by atoms with Crippen molar-refractivity contribution in [3.63, 3.8) is 0 Å². The molecule has 1 aromatic rings. The third-order valence-electron chi connectivity index (χ3n) is 4.84. The highest BCUT2D eigenvalue weighted by Crippen LogP contribution is 2.42. The second-order valence-electron chi connectivity index (χ2n) is 6.19. The molecule has 0 radical (unpaired) electrons. The maximum atomic E-state index is 5.54. The Labute approximate surface area is 126 Å². The fraction of sp³-hybridized carbons (Fsp3) is 0.812. The molecule has 0 bridgehead atoms. The number of fused-ring (bicyclic) bond motifs is 1. The minimum atomic E-state index is 0.125. The van der Waals surface area contributed by atoms with Crippen molar-refractivity contribution in [3.8, 4) is 0 Å². The maximum Gasteiger partial charge on any atom is 0.113 e. The van der Waals surface area contributed by atoms with Crippen LogP contribution in [0, 0.1) is 0 Å². The molecule has 0 atom stereocenters. The van der Waals surface area contributed by atoms with Crippen molar-refractivity contribution >= 4 is 11.3 Å². The van der Waals surface area contributed by atoms with Gasteiger partial charge in [0, 0.05) is 12.0 Å². The Kier molecular flexibility index (Phi) is 4.43. The lowest BCUT2D eigenvalue weighted by Gasteiger charge is -2.39. The van der Waals surface area contributed by atoms with Gasteiger partial charge in [-0.2, -0.15) is 0 Å². The Hall–Kier alpha value is -0.450. The molecule has 2 aliphatic rings. The molecule has 0 unspecified atom stereocenters. The summed E-state index contributed by atoms with van der Waals surface area (Å²) in [6.07, 6.45) is 9.99. The maximum absolute atomic E-state index is 5.54. The van der Waals surface area contributed by atoms with Crippen LogP contribution in [-0.2, 0) is 23.1 Å². The third-order valence-corrected chi connectivity index (χ3v) is 6.20. The highest BCUT2D eigenvalue weighted by molar-refractivity contribution is 7.12. The number of thiazole rings is 1. The van der Waals surface area contributed by atoms with Crippen LogP contribution in [0.15, 0.2) is 0 Å². The zero-order valence-electron chi connectivity index (χ0n) is 12.7. The van der Waals surface area contributed by atoms with E-state index in [-0.39, 0.29) is 5.54 Å². The van der Waals surface area contributed by atoms with Crippen molar-refractivity contribution in [2.24, 2.45) is 0 Å². The second kappa shape index (κ2) is 6.12. The standard InChI is InChI=1S/C16H26N2OS/c1-3-11-17-16(9-7-12(19-2)8-10-16)15-18-13-5-4-6-14(13)20-15/h12,17H,3-11H2,1-2H3. The van der Waals surface area contributed by atoms with E-state index in [1.165, 1.54) is 36.4 Å². The number of aryl methyl sites for hydroxylation is 2. The molecule has 112 valence electrons. The summed E-state index contributed by atoms with van der Waals surface area (Å²) < 4.78 is 5.54. The van der Waals surface area contributed by atoms with Gasteiger partial charge in [0.25, 0.3) is 0 Å². The predicted molar refractivity (Wildman–Crippen MR) is 83.4 cm³/mol. The Morgan fingerprint density at radius 3 is 2.80 bits per heavy atom. The SMILES string of the molecule is CCCNC1(c2nc3c(s2)CCC3)CCC(OC)CC1. The fourth-order valence-corrected chi connectivity index (χ4v) is 4.92. The minimum Gasteiger partial charge on any atom is -0.381 e. The topological polar surface area (TPSA) is 34.2 Å². The highest BCUT2D eigenvalue weighted by atomic mass is 32.1. The Bertz CT molecular complexity index is 428. The van der Waals surface area contributed by atoms with Gasteiger partial charge >= 0.3 is 0 Å². The van der Waals surface area contributed by atoms with Gasteiger partial charge in [-0.1, -0.05) is 6.92 Å². The van der Waals surface area contributed by atoms with Crippen LogP contribution in [0.25, 0.3) is 0 Å². The third kappa shape index (κ3) is 2.66. The van der Waals surface area contributed by atoms with Gasteiger partial charge in [0.05, 0.1) is 17.3 Å². The average Bonchev–Trinajstić information content (AvgIpc) is 3.07. The number of ether oxygens (including phenoxy) is 1. The van der Waals surface area contributed by atoms with Crippen molar-refractivity contribution in [1.82, 2.24) is 10.3 Å². The van der Waals surface area contributed by atoms with E-state index in [2.05, 4.69) is 12.2 Å². The van der Waals surface area contributed by atoms with E-state index in [9.17, 15) is 0 Å². The largest absolute Gasteiger partial charge is 0.381 e. The molecule has 1 aromatic heterocycles. The molecule has 1 saturated carbocycles. The molecule has 1 heterocycles. The first-order valence-corrected chi connectivity index (χ1v) is 8.86. The van der Waals surface area contributed by atoms with E-state index >= 15 is 0 Å². The lowest BCUT2D eigenvalue weighted by Crippen LogP contribution is -2.46. The number of nitrogens with zero attached hydrogens (tertiary/aromatic N) is 1. The van der Waals surface area contributed by atoms with Gasteiger partial charge in [-0.25, -0.2) is 4.98 Å². The molecule has 20 heavy (non-hydrogen) atoms. The quantitative estimate of drug-likeness (QED) is 0.903. The van der Waals surface area contributed by atoms with Crippen molar-refractivity contribution in [2.45, 2.75) is 69.9 Å². The summed E-state index contributed by atoms with van der Waals surface area (Å²) in [7, 11) is 1.84. The van der Waals surface area contributed by atoms with Gasteiger partial charge in [0.15, 0.2) is 0 Å². The summed E-state index contributed by atoms with van der Waals surface area (Å²) in [6.45, 7) is 3.32. The molecule has 3 rings (SSSR count). The highest BCUT2D eigenvalue weighted by Gasteiger charge is 2.39. The van der Waals surface area contributed by atoms with E-state index < -0.39 is 0 Å². The lowest BCUT2D eigenvalue weighted by atomic mass is 9.80. The predicted octanol–water partition coefficient (Wildman–Crippen LogP) is 3.42. The lowest BCUT2D eigenvalue weighted by molar-refractivity contribution is 0.0403. The molecule has 2 aliphatic carbocycles. The van der Waals surface area contributed by atoms with E-state index in [4.69, 9.17) is 9.72 Å². The van der Waals surface area contributed by atoms with Crippen molar-refractivity contribution in [3.05, 3.63) is 15.6 Å². The van der Waals surface area contributed by atoms with E-state index in [1.54, 1.807) is 4.88 Å². The van der Waals surface area contributed by atoms with Crippen LogP contribution in [-0.4, -0.2) is 24.7 Å². The first-order chi connectivity index (χ1) is 9.77. The number of aromatic nitrogens is 1. The van der Waals surface area contributed by atoms with Crippen molar-refractivity contribution in [1.29, 1.82) is 0 Å². The number of hydrogen-bond acceptors (Lipinski definition) is 4. The zero-order chi connectivity index (χ0) is 14.0. The first kappa shape index (κ1) is 14.5. The summed E-state index contributed by atoms with van der Waals surface area (Å²) in [6, 6.07) is 0. The first-order valence-electron chi connectivity index (χ1n) is 8.04. The van der Waals surface area contributed by atoms with E-state index in [0.717, 1.165) is 32.2 Å². The van der Waals surface area contributed by atoms with Gasteiger partial charge in [-0.15, -0.1) is 11.3 Å². The van der Waals surface area contributed by atoms with Gasteiger partial charge in [0.1, 0.15) is 5.01 Å². The van der Waals surface area contributed by atoms with Crippen LogP contribution >= 0.6 is 11.3 Å². The second-order valence-corrected chi connectivity index (χ2v) is 7.27. The Balaban J connectivity index is 1.81. The molecular weight excluding hydrogens is 268 g/mol. The van der Waals surface area contributed by atoms with Crippen LogP contribution in [0.1, 0.15) is 61.0 Å². The van der Waals surface area contributed by atoms with Crippen molar-refractivity contribution < 1.29 is 4.74 Å². The average molecular weight is 294 g/mol.